The summed E-state index contributed by atoms with van der Waals surface area (Å²) < 4.78 is 29.1. The molecule has 5 fully saturated rings. The van der Waals surface area contributed by atoms with Crippen LogP contribution in [-0.2, 0) is 14.9 Å². The second-order valence-electron chi connectivity index (χ2n) is 8.94. The molecule has 152 valence electrons. The van der Waals surface area contributed by atoms with Gasteiger partial charge in [0.05, 0.1) is 31.4 Å². The highest BCUT2D eigenvalue weighted by molar-refractivity contribution is 6.00. The Kier molecular flexibility index (Phi) is 3.11. The SMILES string of the molecule is COCC=C1CN2C3CC45C(=Nc6cc7c(c(OC)c64)OCO7)OCC3C1CC25. The molecule has 7 aliphatic rings. The molecule has 6 atom stereocenters. The van der Waals surface area contributed by atoms with Crippen molar-refractivity contribution in [3.63, 3.8) is 0 Å². The molecule has 1 spiro atoms. The molecular formula is C22H24N2O5. The summed E-state index contributed by atoms with van der Waals surface area (Å²) in [6.45, 7) is 2.66. The molecule has 7 nitrogen and oxygen atoms in total. The fourth-order valence-corrected chi connectivity index (χ4v) is 6.99. The number of nitrogens with zero attached hydrogens (tertiary/aromatic N) is 2. The van der Waals surface area contributed by atoms with E-state index in [0.29, 0.717) is 42.0 Å². The van der Waals surface area contributed by atoms with E-state index in [-0.39, 0.29) is 12.2 Å². The van der Waals surface area contributed by atoms with E-state index in [0.717, 1.165) is 48.9 Å². The predicted molar refractivity (Wildman–Crippen MR) is 104 cm³/mol. The molecule has 0 radical (unpaired) electrons. The van der Waals surface area contributed by atoms with Crippen molar-refractivity contribution in [1.29, 1.82) is 0 Å². The number of aliphatic imine (C=N–C) groups is 1. The maximum Gasteiger partial charge on any atom is 0.231 e. The van der Waals surface area contributed by atoms with Gasteiger partial charge in [0.1, 0.15) is 0 Å². The lowest BCUT2D eigenvalue weighted by Gasteiger charge is -2.54. The van der Waals surface area contributed by atoms with Gasteiger partial charge in [-0.3, -0.25) is 4.90 Å². The first-order valence-corrected chi connectivity index (χ1v) is 10.4. The Bertz CT molecular complexity index is 988. The van der Waals surface area contributed by atoms with Crippen molar-refractivity contribution >= 4 is 11.6 Å². The van der Waals surface area contributed by atoms with Gasteiger partial charge >= 0.3 is 0 Å². The smallest absolute Gasteiger partial charge is 0.231 e. The third kappa shape index (κ3) is 1.80. The fourth-order valence-electron chi connectivity index (χ4n) is 6.99. The van der Waals surface area contributed by atoms with Crippen molar-refractivity contribution < 1.29 is 23.7 Å². The highest BCUT2D eigenvalue weighted by atomic mass is 16.7. The van der Waals surface area contributed by atoms with E-state index in [1.165, 1.54) is 5.57 Å². The zero-order chi connectivity index (χ0) is 19.3. The van der Waals surface area contributed by atoms with E-state index in [1.807, 2.05) is 6.07 Å². The van der Waals surface area contributed by atoms with Gasteiger partial charge in [0.15, 0.2) is 11.5 Å². The molecule has 7 aliphatic heterocycles. The van der Waals surface area contributed by atoms with Gasteiger partial charge in [-0.2, -0.15) is 0 Å². The van der Waals surface area contributed by atoms with Crippen LogP contribution in [-0.4, -0.2) is 63.7 Å². The highest BCUT2D eigenvalue weighted by Crippen LogP contribution is 2.66. The van der Waals surface area contributed by atoms with Crippen LogP contribution in [0, 0.1) is 11.8 Å². The summed E-state index contributed by atoms with van der Waals surface area (Å²) in [5.74, 6) is 4.14. The van der Waals surface area contributed by atoms with Crippen LogP contribution in [0.4, 0.5) is 5.69 Å². The van der Waals surface area contributed by atoms with Gasteiger partial charge in [-0.1, -0.05) is 11.6 Å². The van der Waals surface area contributed by atoms with E-state index >= 15 is 0 Å². The van der Waals surface area contributed by atoms with Crippen molar-refractivity contribution in [3.05, 3.63) is 23.3 Å². The molecule has 0 aromatic heterocycles. The standard InChI is InChI=1S/C22H24N2O5/c1-25-4-3-11-8-24-15-7-22-17(24)5-12(11)13(15)9-27-21(22)23-14-6-16-19(29-10-28-16)20(26-2)18(14)22/h3,6,12-13,15,17H,4-5,7-10H2,1-2H3. The maximum atomic E-state index is 6.43. The number of ether oxygens (including phenoxy) is 5. The van der Waals surface area contributed by atoms with E-state index < -0.39 is 0 Å². The van der Waals surface area contributed by atoms with Crippen molar-refractivity contribution in [2.45, 2.75) is 30.3 Å². The minimum absolute atomic E-state index is 0.227. The number of methoxy groups -OCH3 is 2. The number of piperidine rings is 3. The molecule has 7 heterocycles. The first kappa shape index (κ1) is 16.5. The van der Waals surface area contributed by atoms with E-state index in [9.17, 15) is 0 Å². The molecule has 6 unspecified atom stereocenters. The summed E-state index contributed by atoms with van der Waals surface area (Å²) in [5, 5.41) is 0. The van der Waals surface area contributed by atoms with E-state index in [1.54, 1.807) is 14.2 Å². The molecule has 1 aromatic carbocycles. The molecule has 5 saturated heterocycles. The quantitative estimate of drug-likeness (QED) is 0.732. The Morgan fingerprint density at radius 1 is 1.31 bits per heavy atom. The minimum Gasteiger partial charge on any atom is -0.492 e. The summed E-state index contributed by atoms with van der Waals surface area (Å²) in [6.07, 6.45) is 4.46. The van der Waals surface area contributed by atoms with Crippen molar-refractivity contribution in [1.82, 2.24) is 4.90 Å². The molecule has 29 heavy (non-hydrogen) atoms. The molecule has 5 bridgehead atoms. The van der Waals surface area contributed by atoms with Gasteiger partial charge in [-0.25, -0.2) is 4.99 Å². The van der Waals surface area contributed by atoms with Gasteiger partial charge in [0.25, 0.3) is 0 Å². The van der Waals surface area contributed by atoms with Crippen LogP contribution >= 0.6 is 0 Å². The lowest BCUT2D eigenvalue weighted by atomic mass is 9.68. The Balaban J connectivity index is 1.41. The Labute approximate surface area is 169 Å². The van der Waals surface area contributed by atoms with Crippen LogP contribution in [0.2, 0.25) is 0 Å². The first-order chi connectivity index (χ1) is 14.3. The summed E-state index contributed by atoms with van der Waals surface area (Å²) in [7, 11) is 3.47. The first-order valence-electron chi connectivity index (χ1n) is 10.4. The third-order valence-corrected chi connectivity index (χ3v) is 8.03. The van der Waals surface area contributed by atoms with E-state index in [2.05, 4.69) is 11.0 Å². The molecular weight excluding hydrogens is 372 g/mol. The largest absolute Gasteiger partial charge is 0.492 e. The van der Waals surface area contributed by atoms with Crippen molar-refractivity contribution in [2.24, 2.45) is 16.8 Å². The van der Waals surface area contributed by atoms with Crippen LogP contribution in [0.3, 0.4) is 0 Å². The van der Waals surface area contributed by atoms with Crippen LogP contribution in [0.1, 0.15) is 18.4 Å². The second-order valence-corrected chi connectivity index (χ2v) is 8.94. The van der Waals surface area contributed by atoms with Gasteiger partial charge in [-0.15, -0.1) is 0 Å². The zero-order valence-corrected chi connectivity index (χ0v) is 16.6. The summed E-state index contributed by atoms with van der Waals surface area (Å²) in [6, 6.07) is 2.90. The maximum absolute atomic E-state index is 6.43. The van der Waals surface area contributed by atoms with Crippen molar-refractivity contribution in [2.75, 3.05) is 40.8 Å². The number of fused-ring (bicyclic) bond motifs is 3. The molecule has 0 saturated carbocycles. The predicted octanol–water partition coefficient (Wildman–Crippen LogP) is 2.40. The number of rotatable bonds is 3. The Hall–Kier alpha value is -2.25. The van der Waals surface area contributed by atoms with Gasteiger partial charge in [0, 0.05) is 43.3 Å². The topological polar surface area (TPSA) is 61.8 Å². The zero-order valence-electron chi connectivity index (χ0n) is 16.6. The third-order valence-electron chi connectivity index (χ3n) is 8.03. The van der Waals surface area contributed by atoms with Crippen molar-refractivity contribution in [3.8, 4) is 17.2 Å². The minimum atomic E-state index is -0.247. The molecule has 1 aromatic rings. The van der Waals surface area contributed by atoms with Crippen LogP contribution in [0.5, 0.6) is 17.2 Å². The highest BCUT2D eigenvalue weighted by Gasteiger charge is 2.69. The Morgan fingerprint density at radius 3 is 3.10 bits per heavy atom. The summed E-state index contributed by atoms with van der Waals surface area (Å²) >= 11 is 0. The van der Waals surface area contributed by atoms with E-state index in [4.69, 9.17) is 28.7 Å². The molecule has 0 aliphatic carbocycles. The number of benzene rings is 1. The number of hydrogen-bond acceptors (Lipinski definition) is 7. The monoisotopic (exact) mass is 396 g/mol. The molecule has 0 N–H and O–H groups in total. The van der Waals surface area contributed by atoms with Crippen LogP contribution in [0.15, 0.2) is 22.7 Å². The van der Waals surface area contributed by atoms with Gasteiger partial charge in [-0.05, 0) is 18.8 Å². The van der Waals surface area contributed by atoms with Gasteiger partial charge in [0.2, 0.25) is 18.4 Å². The van der Waals surface area contributed by atoms with Gasteiger partial charge < -0.3 is 23.7 Å². The molecule has 7 heteroatoms. The number of hydrogen-bond donors (Lipinski definition) is 0. The Morgan fingerprint density at radius 2 is 2.24 bits per heavy atom. The average Bonchev–Trinajstić information content (AvgIpc) is 3.34. The van der Waals surface area contributed by atoms with Crippen LogP contribution < -0.4 is 14.2 Å². The normalized spacial score (nSPS) is 40.6. The average molecular weight is 396 g/mol. The van der Waals surface area contributed by atoms with Crippen LogP contribution in [0.25, 0.3) is 0 Å². The summed E-state index contributed by atoms with van der Waals surface area (Å²) in [4.78, 5) is 7.69. The lowest BCUT2D eigenvalue weighted by Crippen LogP contribution is -2.61. The summed E-state index contributed by atoms with van der Waals surface area (Å²) in [5.41, 5.74) is 3.32. The molecule has 8 rings (SSSR count). The molecule has 0 amide bonds. The lowest BCUT2D eigenvalue weighted by molar-refractivity contribution is -0.0156. The second kappa shape index (κ2) is 5.46. The fraction of sp³-hybridized carbons (Fsp3) is 0.591.